The third-order valence-corrected chi connectivity index (χ3v) is 9.19. The molecular weight excluding hydrogens is 526 g/mol. The van der Waals surface area contributed by atoms with Crippen LogP contribution in [0.2, 0.25) is 0 Å². The number of aromatic nitrogens is 1. The van der Waals surface area contributed by atoms with E-state index in [-0.39, 0.29) is 29.1 Å². The molecule has 38 heavy (non-hydrogen) atoms. The molecule has 0 saturated carbocycles. The van der Waals surface area contributed by atoms with E-state index in [1.807, 2.05) is 6.07 Å². The van der Waals surface area contributed by atoms with Crippen LogP contribution in [0.1, 0.15) is 16.6 Å². The van der Waals surface area contributed by atoms with Crippen LogP contribution in [-0.4, -0.2) is 34.6 Å². The number of hydrogen-bond donors (Lipinski definition) is 1. The van der Waals surface area contributed by atoms with E-state index in [9.17, 15) is 19.2 Å². The third kappa shape index (κ3) is 4.04. The lowest BCUT2D eigenvalue weighted by Gasteiger charge is -2.29. The molecule has 2 aliphatic heterocycles. The lowest BCUT2D eigenvalue weighted by molar-refractivity contribution is -0.122. The molecule has 0 aliphatic carbocycles. The molecule has 4 aromatic rings. The highest BCUT2D eigenvalue weighted by Gasteiger charge is 2.57. The number of nitrogens with zero attached hydrogens (tertiary/aromatic N) is 2. The maximum absolute atomic E-state index is 13.8. The van der Waals surface area contributed by atoms with Gasteiger partial charge >= 0.3 is 4.87 Å². The summed E-state index contributed by atoms with van der Waals surface area (Å²) in [4.78, 5) is 54.8. The van der Waals surface area contributed by atoms with Crippen LogP contribution in [-0.2, 0) is 20.9 Å². The number of methoxy groups -OCH3 is 1. The van der Waals surface area contributed by atoms with Crippen molar-refractivity contribution in [2.75, 3.05) is 17.3 Å². The molecule has 0 spiro atoms. The van der Waals surface area contributed by atoms with Gasteiger partial charge in [-0.3, -0.25) is 23.7 Å². The number of carbonyl (C=O) groups excluding carboxylic acids is 3. The molecule has 0 bridgehead atoms. The molecule has 2 aromatic heterocycles. The van der Waals surface area contributed by atoms with Crippen LogP contribution < -0.4 is 19.8 Å². The predicted molar refractivity (Wildman–Crippen MR) is 143 cm³/mol. The minimum atomic E-state index is -0.787. The van der Waals surface area contributed by atoms with E-state index in [4.69, 9.17) is 9.15 Å². The van der Waals surface area contributed by atoms with E-state index in [1.54, 1.807) is 67.8 Å². The molecular formula is C27H21N3O6S2. The average molecular weight is 548 g/mol. The van der Waals surface area contributed by atoms with Crippen LogP contribution in [0.25, 0.3) is 0 Å². The highest BCUT2D eigenvalue weighted by Crippen LogP contribution is 2.54. The number of imide groups is 1. The minimum absolute atomic E-state index is 0.223. The number of benzene rings is 2. The second kappa shape index (κ2) is 9.66. The molecule has 3 amide bonds. The molecule has 1 fully saturated rings. The molecule has 2 aliphatic rings. The Morgan fingerprint density at radius 3 is 2.45 bits per heavy atom. The smallest absolute Gasteiger partial charge is 0.308 e. The van der Waals surface area contributed by atoms with Crippen LogP contribution in [0.5, 0.6) is 5.75 Å². The molecule has 11 heteroatoms. The third-order valence-electron chi connectivity index (χ3n) is 6.59. The van der Waals surface area contributed by atoms with E-state index in [0.717, 1.165) is 23.1 Å². The number of carbonyl (C=O) groups is 3. The Labute approximate surface area is 225 Å². The van der Waals surface area contributed by atoms with Crippen LogP contribution in [0.15, 0.2) is 87.2 Å². The molecule has 9 nitrogen and oxygen atoms in total. The largest absolute Gasteiger partial charge is 0.497 e. The van der Waals surface area contributed by atoms with Gasteiger partial charge in [-0.25, -0.2) is 4.90 Å². The summed E-state index contributed by atoms with van der Waals surface area (Å²) < 4.78 is 12.3. The Bertz CT molecular complexity index is 1580. The predicted octanol–water partition coefficient (Wildman–Crippen LogP) is 3.95. The van der Waals surface area contributed by atoms with Crippen LogP contribution in [0, 0.1) is 5.92 Å². The molecule has 2 aromatic carbocycles. The SMILES string of the molecule is COc1ccc(N2C(=O)C3Sc4c(sc(=O)n4CC(=O)Nc4ccccc4)C(c4ccco4)C3C2=O)cc1. The Morgan fingerprint density at radius 2 is 1.76 bits per heavy atom. The van der Waals surface area contributed by atoms with Gasteiger partial charge < -0.3 is 14.5 Å². The number of anilines is 2. The zero-order valence-electron chi connectivity index (χ0n) is 20.0. The van der Waals surface area contributed by atoms with E-state index in [2.05, 4.69) is 5.32 Å². The first-order chi connectivity index (χ1) is 18.5. The summed E-state index contributed by atoms with van der Waals surface area (Å²) in [7, 11) is 1.54. The number of thioether (sulfide) groups is 1. The fourth-order valence-electron chi connectivity index (χ4n) is 4.88. The summed E-state index contributed by atoms with van der Waals surface area (Å²) in [5, 5.41) is 2.51. The number of hydrogen-bond acceptors (Lipinski definition) is 8. The maximum atomic E-state index is 13.8. The standard InChI is InChI=1S/C27H21N3O6S2/c1-35-17-11-9-16(10-12-17)30-24(32)21-20(18-8-5-13-36-18)23-26(37-22(21)25(30)33)29(27(34)38-23)14-19(31)28-15-6-3-2-4-7-15/h2-13,20-22H,14H2,1H3,(H,28,31). The van der Waals surface area contributed by atoms with Crippen molar-refractivity contribution in [3.05, 3.63) is 93.3 Å². The summed E-state index contributed by atoms with van der Waals surface area (Å²) in [6.45, 7) is -0.223. The molecule has 1 N–H and O–H groups in total. The average Bonchev–Trinajstić information content (AvgIpc) is 3.62. The number of thiazole rings is 1. The second-order valence-electron chi connectivity index (χ2n) is 8.80. The zero-order valence-corrected chi connectivity index (χ0v) is 21.7. The molecule has 3 unspecified atom stereocenters. The summed E-state index contributed by atoms with van der Waals surface area (Å²) in [6, 6.07) is 19.1. The van der Waals surface area contributed by atoms with Gasteiger partial charge in [0.2, 0.25) is 17.7 Å². The second-order valence-corrected chi connectivity index (χ2v) is 10.9. The highest BCUT2D eigenvalue weighted by molar-refractivity contribution is 8.00. The first kappa shape index (κ1) is 24.3. The quantitative estimate of drug-likeness (QED) is 0.364. The van der Waals surface area contributed by atoms with Crippen LogP contribution in [0.4, 0.5) is 11.4 Å². The lowest BCUT2D eigenvalue weighted by Crippen LogP contribution is -2.32. The fraction of sp³-hybridized carbons (Fsp3) is 0.185. The first-order valence-electron chi connectivity index (χ1n) is 11.8. The number of rotatable bonds is 6. The van der Waals surface area contributed by atoms with Crippen molar-refractivity contribution in [1.82, 2.24) is 4.57 Å². The first-order valence-corrected chi connectivity index (χ1v) is 13.5. The van der Waals surface area contributed by atoms with Crippen LogP contribution in [0.3, 0.4) is 0 Å². The maximum Gasteiger partial charge on any atom is 0.308 e. The fourth-order valence-corrected chi connectivity index (χ4v) is 7.63. The van der Waals surface area contributed by atoms with Crippen molar-refractivity contribution in [1.29, 1.82) is 0 Å². The molecule has 4 heterocycles. The molecule has 1 saturated heterocycles. The van der Waals surface area contributed by atoms with Gasteiger partial charge in [0.15, 0.2) is 0 Å². The molecule has 0 radical (unpaired) electrons. The number of para-hydroxylation sites is 1. The van der Waals surface area contributed by atoms with Gasteiger partial charge in [-0.2, -0.15) is 0 Å². The van der Waals surface area contributed by atoms with Crippen LogP contribution >= 0.6 is 23.1 Å². The highest BCUT2D eigenvalue weighted by atomic mass is 32.2. The number of fused-ring (bicyclic) bond motifs is 2. The van der Waals surface area contributed by atoms with Gasteiger partial charge in [-0.15, -0.1) is 0 Å². The number of nitrogens with one attached hydrogen (secondary N) is 1. The van der Waals surface area contributed by atoms with Crippen molar-refractivity contribution < 1.29 is 23.5 Å². The number of amides is 3. The topological polar surface area (TPSA) is 111 Å². The summed E-state index contributed by atoms with van der Waals surface area (Å²) in [5.74, 6) is -1.42. The van der Waals surface area contributed by atoms with E-state index in [1.165, 1.54) is 15.7 Å². The summed E-state index contributed by atoms with van der Waals surface area (Å²) in [6.07, 6.45) is 1.50. The van der Waals surface area contributed by atoms with Gasteiger partial charge in [0.1, 0.15) is 23.3 Å². The molecule has 192 valence electrons. The number of ether oxygens (including phenoxy) is 1. The minimum Gasteiger partial charge on any atom is -0.497 e. The Hall–Kier alpha value is -4.09. The molecule has 3 atom stereocenters. The van der Waals surface area contributed by atoms with Gasteiger partial charge in [-0.05, 0) is 48.5 Å². The Balaban J connectivity index is 1.38. The van der Waals surface area contributed by atoms with Crippen molar-refractivity contribution in [3.63, 3.8) is 0 Å². The zero-order chi connectivity index (χ0) is 26.4. The summed E-state index contributed by atoms with van der Waals surface area (Å²) >= 11 is 2.13. The van der Waals surface area contributed by atoms with Crippen molar-refractivity contribution in [2.45, 2.75) is 22.7 Å². The molecule has 6 rings (SSSR count). The van der Waals surface area contributed by atoms with E-state index < -0.39 is 17.1 Å². The Morgan fingerprint density at radius 1 is 1.00 bits per heavy atom. The van der Waals surface area contributed by atoms with Gasteiger partial charge in [0, 0.05) is 5.69 Å². The van der Waals surface area contributed by atoms with Crippen molar-refractivity contribution >= 4 is 52.2 Å². The lowest BCUT2D eigenvalue weighted by atomic mass is 9.87. The summed E-state index contributed by atoms with van der Waals surface area (Å²) in [5.41, 5.74) is 1.06. The van der Waals surface area contributed by atoms with Gasteiger partial charge in [0.25, 0.3) is 0 Å². The van der Waals surface area contributed by atoms with E-state index >= 15 is 0 Å². The van der Waals surface area contributed by atoms with Gasteiger partial charge in [-0.1, -0.05) is 41.3 Å². The van der Waals surface area contributed by atoms with Crippen molar-refractivity contribution in [2.24, 2.45) is 5.92 Å². The van der Waals surface area contributed by atoms with Gasteiger partial charge in [0.05, 0.1) is 40.8 Å². The van der Waals surface area contributed by atoms with E-state index in [0.29, 0.717) is 32.8 Å². The van der Waals surface area contributed by atoms with Crippen molar-refractivity contribution in [3.8, 4) is 5.75 Å². The Kier molecular flexibility index (Phi) is 6.16. The normalized spacial score (nSPS) is 20.2. The monoisotopic (exact) mass is 547 g/mol. The number of furan rings is 1.